The Labute approximate surface area is 186 Å². The van der Waals surface area contributed by atoms with Gasteiger partial charge in [-0.05, 0) is 30.3 Å². The van der Waals surface area contributed by atoms with E-state index >= 15 is 0 Å². The monoisotopic (exact) mass is 441 g/mol. The van der Waals surface area contributed by atoms with Gasteiger partial charge in [-0.2, -0.15) is 20.5 Å². The van der Waals surface area contributed by atoms with Crippen molar-refractivity contribution in [2.75, 3.05) is 23.3 Å². The third kappa shape index (κ3) is 3.98. The summed E-state index contributed by atoms with van der Waals surface area (Å²) in [6.07, 6.45) is 0.188. The molecule has 0 radical (unpaired) electrons. The van der Waals surface area contributed by atoms with Gasteiger partial charge in [0.05, 0.1) is 22.2 Å². The van der Waals surface area contributed by atoms with E-state index in [1.165, 1.54) is 28.8 Å². The fraction of sp³-hybridized carbons (Fsp3) is 0.0909. The topological polar surface area (TPSA) is 172 Å². The van der Waals surface area contributed by atoms with E-state index < -0.39 is 11.4 Å². The Morgan fingerprint density at radius 3 is 2.58 bits per heavy atom. The van der Waals surface area contributed by atoms with Crippen molar-refractivity contribution in [2.24, 2.45) is 0 Å². The zero-order valence-corrected chi connectivity index (χ0v) is 17.1. The van der Waals surface area contributed by atoms with Gasteiger partial charge in [0.1, 0.15) is 35.2 Å². The van der Waals surface area contributed by atoms with E-state index in [1.54, 1.807) is 18.2 Å². The third-order valence-electron chi connectivity index (χ3n) is 4.86. The van der Waals surface area contributed by atoms with Crippen molar-refractivity contribution in [3.05, 3.63) is 75.6 Å². The molecule has 4 aromatic rings. The number of nitrogen functional groups attached to an aromatic ring is 2. The number of nitrogens with two attached hydrogens (primary N) is 2. The van der Waals surface area contributed by atoms with Crippen LogP contribution in [-0.4, -0.2) is 26.1 Å². The highest BCUT2D eigenvalue weighted by Gasteiger charge is 2.17. The Balaban J connectivity index is 1.79. The molecule has 0 spiro atoms. The van der Waals surface area contributed by atoms with Gasteiger partial charge < -0.3 is 16.8 Å². The van der Waals surface area contributed by atoms with Gasteiger partial charge in [-0.1, -0.05) is 12.1 Å². The number of hydrogen-bond acceptors (Lipinski definition) is 9. The van der Waals surface area contributed by atoms with Crippen LogP contribution < -0.4 is 22.3 Å². The maximum Gasteiger partial charge on any atom is 0.267 e. The Bertz CT molecular complexity index is 1530. The molecule has 33 heavy (non-hydrogen) atoms. The number of benzene rings is 2. The molecule has 5 N–H and O–H groups in total. The molecular formula is C22H16FN9O. The van der Waals surface area contributed by atoms with Crippen LogP contribution in [0.3, 0.4) is 0 Å². The summed E-state index contributed by atoms with van der Waals surface area (Å²) in [7, 11) is 0. The molecule has 0 bridgehead atoms. The lowest BCUT2D eigenvalue weighted by Gasteiger charge is -2.15. The first kappa shape index (κ1) is 21.2. The van der Waals surface area contributed by atoms with Crippen molar-refractivity contribution >= 4 is 28.5 Å². The standard InChI is InChI=1S/C22H16FN9O/c23-13-4-2-5-14(9-13)32-17(29-16-6-1-3-12(10-24)18(16)21(32)33)7-8-28-20-15(11-25)19(26)30-22(27)31-20/h1-6,9H,7-8H2,(H5,26,27,28,30,31). The molecule has 0 saturated heterocycles. The summed E-state index contributed by atoms with van der Waals surface area (Å²) in [4.78, 5) is 25.7. The number of nitriles is 2. The van der Waals surface area contributed by atoms with Crippen LogP contribution in [0.15, 0.2) is 47.3 Å². The lowest BCUT2D eigenvalue weighted by atomic mass is 10.1. The van der Waals surface area contributed by atoms with E-state index in [0.717, 1.165) is 0 Å². The van der Waals surface area contributed by atoms with Crippen LogP contribution in [0.2, 0.25) is 0 Å². The highest BCUT2D eigenvalue weighted by atomic mass is 19.1. The number of fused-ring (bicyclic) bond motifs is 1. The van der Waals surface area contributed by atoms with Crippen molar-refractivity contribution in [3.63, 3.8) is 0 Å². The molecule has 2 heterocycles. The van der Waals surface area contributed by atoms with Crippen molar-refractivity contribution in [1.29, 1.82) is 10.5 Å². The molecule has 0 aliphatic heterocycles. The molecule has 0 amide bonds. The Kier molecular flexibility index (Phi) is 5.53. The highest BCUT2D eigenvalue weighted by molar-refractivity contribution is 5.84. The zero-order chi connectivity index (χ0) is 23.5. The van der Waals surface area contributed by atoms with Gasteiger partial charge in [0.25, 0.3) is 5.56 Å². The molecule has 0 aliphatic rings. The average Bonchev–Trinajstić information content (AvgIpc) is 2.78. The van der Waals surface area contributed by atoms with E-state index in [4.69, 9.17) is 11.5 Å². The molecule has 10 nitrogen and oxygen atoms in total. The number of nitrogens with zero attached hydrogens (tertiary/aromatic N) is 6. The predicted molar refractivity (Wildman–Crippen MR) is 120 cm³/mol. The van der Waals surface area contributed by atoms with Gasteiger partial charge in [-0.15, -0.1) is 0 Å². The molecular weight excluding hydrogens is 425 g/mol. The molecule has 0 unspecified atom stereocenters. The van der Waals surface area contributed by atoms with Gasteiger partial charge in [0.15, 0.2) is 5.82 Å². The number of hydrogen-bond donors (Lipinski definition) is 3. The highest BCUT2D eigenvalue weighted by Crippen LogP contribution is 2.20. The lowest BCUT2D eigenvalue weighted by molar-refractivity contribution is 0.625. The lowest BCUT2D eigenvalue weighted by Crippen LogP contribution is -2.26. The van der Waals surface area contributed by atoms with Gasteiger partial charge in [-0.25, -0.2) is 9.37 Å². The number of rotatable bonds is 5. The SMILES string of the molecule is N#Cc1c(N)nc(N)nc1NCCc1nc2cccc(C#N)c2c(=O)n1-c1cccc(F)c1. The van der Waals surface area contributed by atoms with Crippen molar-refractivity contribution in [3.8, 4) is 17.8 Å². The molecule has 0 atom stereocenters. The summed E-state index contributed by atoms with van der Waals surface area (Å²) >= 11 is 0. The first-order valence-electron chi connectivity index (χ1n) is 9.70. The number of halogens is 1. The number of aromatic nitrogens is 4. The van der Waals surface area contributed by atoms with Crippen LogP contribution in [0.25, 0.3) is 16.6 Å². The summed E-state index contributed by atoms with van der Waals surface area (Å²) in [5.41, 5.74) is 11.7. The molecule has 2 aromatic carbocycles. The van der Waals surface area contributed by atoms with Crippen LogP contribution in [0.4, 0.5) is 22.0 Å². The van der Waals surface area contributed by atoms with E-state index in [-0.39, 0.29) is 52.8 Å². The largest absolute Gasteiger partial charge is 0.382 e. The van der Waals surface area contributed by atoms with Crippen LogP contribution in [0, 0.1) is 28.5 Å². The second kappa shape index (κ2) is 8.61. The van der Waals surface area contributed by atoms with Gasteiger partial charge in [0, 0.05) is 13.0 Å². The fourth-order valence-corrected chi connectivity index (χ4v) is 3.45. The van der Waals surface area contributed by atoms with Crippen LogP contribution >= 0.6 is 0 Å². The fourth-order valence-electron chi connectivity index (χ4n) is 3.45. The van der Waals surface area contributed by atoms with Crippen molar-refractivity contribution in [2.45, 2.75) is 6.42 Å². The van der Waals surface area contributed by atoms with E-state index in [9.17, 15) is 19.7 Å². The quantitative estimate of drug-likeness (QED) is 0.418. The first-order valence-corrected chi connectivity index (χ1v) is 9.70. The smallest absolute Gasteiger partial charge is 0.267 e. The number of anilines is 3. The third-order valence-corrected chi connectivity index (χ3v) is 4.86. The van der Waals surface area contributed by atoms with Crippen LogP contribution in [0.5, 0.6) is 0 Å². The molecule has 2 aromatic heterocycles. The summed E-state index contributed by atoms with van der Waals surface area (Å²) in [6.45, 7) is 0.190. The minimum absolute atomic E-state index is 0.0388. The molecule has 0 fully saturated rings. The van der Waals surface area contributed by atoms with Crippen molar-refractivity contribution in [1.82, 2.24) is 19.5 Å². The van der Waals surface area contributed by atoms with Crippen molar-refractivity contribution < 1.29 is 4.39 Å². The predicted octanol–water partition coefficient (Wildman–Crippen LogP) is 1.88. The van der Waals surface area contributed by atoms with Crippen LogP contribution in [0.1, 0.15) is 17.0 Å². The molecule has 4 rings (SSSR count). The Morgan fingerprint density at radius 1 is 1.06 bits per heavy atom. The van der Waals surface area contributed by atoms with E-state index in [0.29, 0.717) is 11.3 Å². The second-order valence-electron chi connectivity index (χ2n) is 6.94. The van der Waals surface area contributed by atoms with E-state index in [1.807, 2.05) is 12.1 Å². The minimum Gasteiger partial charge on any atom is -0.382 e. The average molecular weight is 441 g/mol. The Morgan fingerprint density at radius 2 is 1.85 bits per heavy atom. The summed E-state index contributed by atoms with van der Waals surface area (Å²) in [5, 5.41) is 21.9. The summed E-state index contributed by atoms with van der Waals surface area (Å²) < 4.78 is 15.2. The van der Waals surface area contributed by atoms with Gasteiger partial charge >= 0.3 is 0 Å². The zero-order valence-electron chi connectivity index (χ0n) is 17.1. The maximum atomic E-state index is 13.9. The first-order chi connectivity index (χ1) is 15.9. The van der Waals surface area contributed by atoms with E-state index in [2.05, 4.69) is 20.3 Å². The second-order valence-corrected chi connectivity index (χ2v) is 6.94. The summed E-state index contributed by atoms with van der Waals surface area (Å²) in [5.74, 6) is -0.220. The molecule has 0 aliphatic carbocycles. The molecule has 0 saturated carbocycles. The van der Waals surface area contributed by atoms with Gasteiger partial charge in [0.2, 0.25) is 5.95 Å². The Hall–Kier alpha value is -5.03. The molecule has 11 heteroatoms. The van der Waals surface area contributed by atoms with Gasteiger partial charge in [-0.3, -0.25) is 9.36 Å². The maximum absolute atomic E-state index is 13.9. The molecule has 162 valence electrons. The minimum atomic E-state index is -0.525. The summed E-state index contributed by atoms with van der Waals surface area (Å²) in [6, 6.07) is 14.2. The number of nitrogens with one attached hydrogen (secondary N) is 1. The normalized spacial score (nSPS) is 10.5. The van der Waals surface area contributed by atoms with Crippen LogP contribution in [-0.2, 0) is 6.42 Å².